The van der Waals surface area contributed by atoms with Gasteiger partial charge in [0, 0.05) is 46.4 Å². The van der Waals surface area contributed by atoms with E-state index in [4.69, 9.17) is 0 Å². The van der Waals surface area contributed by atoms with Gasteiger partial charge in [0.2, 0.25) is 0 Å². The second-order valence-corrected chi connectivity index (χ2v) is 8.44. The first-order valence-corrected chi connectivity index (χ1v) is 10.4. The topological polar surface area (TPSA) is 85.1 Å². The highest BCUT2D eigenvalue weighted by atomic mass is 32.2. The molecule has 1 aliphatic rings. The number of aromatic carboxylic acids is 1. The highest BCUT2D eigenvalue weighted by molar-refractivity contribution is 7.99. The number of hydrogen-bond acceptors (Lipinski definition) is 5. The number of carboxylic acid groups (broad SMARTS) is 1. The third-order valence-corrected chi connectivity index (χ3v) is 6.65. The van der Waals surface area contributed by atoms with Gasteiger partial charge < -0.3 is 9.67 Å². The molecule has 0 amide bonds. The van der Waals surface area contributed by atoms with E-state index >= 15 is 0 Å². The normalized spacial score (nSPS) is 15.3. The average molecular weight is 415 g/mol. The number of fused-ring (bicyclic) bond motifs is 4. The minimum atomic E-state index is -1.20. The number of para-hydroxylation sites is 1. The average Bonchev–Trinajstić information content (AvgIpc) is 2.90. The van der Waals surface area contributed by atoms with Gasteiger partial charge in [-0.15, -0.1) is 11.8 Å². The van der Waals surface area contributed by atoms with Gasteiger partial charge in [-0.1, -0.05) is 18.2 Å². The Kier molecular flexibility index (Phi) is 4.40. The van der Waals surface area contributed by atoms with Crippen LogP contribution in [0.4, 0.5) is 0 Å². The largest absolute Gasteiger partial charge is 0.477 e. The van der Waals surface area contributed by atoms with Crippen molar-refractivity contribution in [2.75, 3.05) is 0 Å². The Labute approximate surface area is 176 Å². The SMILES string of the molecule is Cc1cc(=O)c(C(=O)O)c2n1-c1ccccc1S[C@@H](c1ccc3nccnc3c1)C2. The molecule has 3 heterocycles. The van der Waals surface area contributed by atoms with Crippen LogP contribution in [-0.4, -0.2) is 25.6 Å². The molecule has 1 aliphatic heterocycles. The minimum Gasteiger partial charge on any atom is -0.477 e. The molecule has 4 aromatic rings. The molecule has 0 aliphatic carbocycles. The van der Waals surface area contributed by atoms with Crippen LogP contribution in [0.5, 0.6) is 0 Å². The van der Waals surface area contributed by atoms with Gasteiger partial charge in [-0.25, -0.2) is 4.79 Å². The van der Waals surface area contributed by atoms with Gasteiger partial charge in [-0.05, 0) is 36.8 Å². The Bertz CT molecular complexity index is 1380. The first kappa shape index (κ1) is 18.6. The number of thioether (sulfide) groups is 1. The zero-order chi connectivity index (χ0) is 20.8. The molecule has 0 fully saturated rings. The molecule has 0 saturated heterocycles. The summed E-state index contributed by atoms with van der Waals surface area (Å²) in [6.07, 6.45) is 3.72. The fourth-order valence-electron chi connectivity index (χ4n) is 4.03. The van der Waals surface area contributed by atoms with Crippen molar-refractivity contribution in [1.82, 2.24) is 14.5 Å². The molecule has 30 heavy (non-hydrogen) atoms. The summed E-state index contributed by atoms with van der Waals surface area (Å²) >= 11 is 1.67. The Morgan fingerprint density at radius 3 is 2.67 bits per heavy atom. The van der Waals surface area contributed by atoms with Crippen molar-refractivity contribution in [3.63, 3.8) is 0 Å². The van der Waals surface area contributed by atoms with E-state index in [0.717, 1.165) is 32.9 Å². The van der Waals surface area contributed by atoms with E-state index in [-0.39, 0.29) is 10.8 Å². The molecule has 148 valence electrons. The van der Waals surface area contributed by atoms with Crippen molar-refractivity contribution < 1.29 is 9.90 Å². The molecule has 6 nitrogen and oxygen atoms in total. The van der Waals surface area contributed by atoms with E-state index in [1.807, 2.05) is 54.0 Å². The minimum absolute atomic E-state index is 0.0781. The molecule has 5 rings (SSSR count). The molecule has 2 aromatic heterocycles. The summed E-state index contributed by atoms with van der Waals surface area (Å²) in [5.74, 6) is -1.20. The van der Waals surface area contributed by atoms with Gasteiger partial charge in [0.25, 0.3) is 0 Å². The van der Waals surface area contributed by atoms with Crippen LogP contribution in [0.2, 0.25) is 0 Å². The molecule has 2 aromatic carbocycles. The van der Waals surface area contributed by atoms with Gasteiger partial charge >= 0.3 is 5.97 Å². The van der Waals surface area contributed by atoms with E-state index in [9.17, 15) is 14.7 Å². The third-order valence-electron chi connectivity index (χ3n) is 5.33. The quantitative estimate of drug-likeness (QED) is 0.529. The molecule has 0 radical (unpaired) electrons. The number of carboxylic acids is 1. The standard InChI is InChI=1S/C23H17N3O3S/c1-13-10-19(27)22(23(28)29)18-12-21(30-20-5-3-2-4-17(20)26(13)18)14-6-7-15-16(11-14)25-9-8-24-15/h2-11,21H,12H2,1H3,(H,28,29)/t21-/m1/s1. The number of carbonyl (C=O) groups is 1. The maximum atomic E-state index is 12.6. The van der Waals surface area contributed by atoms with Crippen LogP contribution in [-0.2, 0) is 6.42 Å². The second-order valence-electron chi connectivity index (χ2n) is 7.20. The maximum absolute atomic E-state index is 12.6. The van der Waals surface area contributed by atoms with E-state index in [0.29, 0.717) is 12.1 Å². The van der Waals surface area contributed by atoms with E-state index in [1.165, 1.54) is 6.07 Å². The Morgan fingerprint density at radius 2 is 1.87 bits per heavy atom. The highest BCUT2D eigenvalue weighted by Crippen LogP contribution is 2.44. The first-order chi connectivity index (χ1) is 14.5. The number of rotatable bonds is 2. The van der Waals surface area contributed by atoms with E-state index in [2.05, 4.69) is 9.97 Å². The van der Waals surface area contributed by atoms with Crippen LogP contribution in [0.25, 0.3) is 16.7 Å². The van der Waals surface area contributed by atoms with Crippen molar-refractivity contribution in [1.29, 1.82) is 0 Å². The van der Waals surface area contributed by atoms with Crippen LogP contribution < -0.4 is 5.43 Å². The maximum Gasteiger partial charge on any atom is 0.341 e. The molecular weight excluding hydrogens is 398 g/mol. The lowest BCUT2D eigenvalue weighted by atomic mass is 10.0. The number of aromatic nitrogens is 3. The van der Waals surface area contributed by atoms with Gasteiger partial charge in [0.15, 0.2) is 5.43 Å². The molecule has 0 saturated carbocycles. The van der Waals surface area contributed by atoms with Crippen LogP contribution >= 0.6 is 11.8 Å². The number of pyridine rings is 1. The summed E-state index contributed by atoms with van der Waals surface area (Å²) in [6, 6.07) is 15.2. The Morgan fingerprint density at radius 1 is 1.10 bits per heavy atom. The fraction of sp³-hybridized carbons (Fsp3) is 0.130. The predicted molar refractivity (Wildman–Crippen MR) is 116 cm³/mol. The predicted octanol–water partition coefficient (Wildman–Crippen LogP) is 4.18. The lowest BCUT2D eigenvalue weighted by Crippen LogP contribution is -2.24. The Balaban J connectivity index is 1.77. The summed E-state index contributed by atoms with van der Waals surface area (Å²) in [5, 5.41) is 9.73. The Hall–Kier alpha value is -3.45. The first-order valence-electron chi connectivity index (χ1n) is 9.48. The van der Waals surface area contributed by atoms with Crippen LogP contribution in [0.1, 0.15) is 32.6 Å². The number of hydrogen-bond donors (Lipinski definition) is 1. The van der Waals surface area contributed by atoms with Crippen molar-refractivity contribution in [3.05, 3.63) is 93.7 Å². The van der Waals surface area contributed by atoms with Gasteiger partial charge in [0.05, 0.1) is 16.7 Å². The molecule has 0 spiro atoms. The van der Waals surface area contributed by atoms with Crippen LogP contribution in [0.15, 0.2) is 70.6 Å². The fourth-order valence-corrected chi connectivity index (χ4v) is 5.30. The van der Waals surface area contributed by atoms with Gasteiger partial charge in [-0.3, -0.25) is 14.8 Å². The third kappa shape index (κ3) is 2.98. The monoisotopic (exact) mass is 415 g/mol. The molecule has 0 bridgehead atoms. The van der Waals surface area contributed by atoms with Crippen LogP contribution in [0.3, 0.4) is 0 Å². The van der Waals surface area contributed by atoms with Crippen molar-refractivity contribution in [3.8, 4) is 5.69 Å². The summed E-state index contributed by atoms with van der Waals surface area (Å²) < 4.78 is 1.91. The van der Waals surface area contributed by atoms with Crippen LogP contribution in [0, 0.1) is 6.92 Å². The zero-order valence-electron chi connectivity index (χ0n) is 16.1. The second kappa shape index (κ2) is 7.11. The molecule has 7 heteroatoms. The lowest BCUT2D eigenvalue weighted by molar-refractivity contribution is 0.0693. The van der Waals surface area contributed by atoms with Crippen molar-refractivity contribution in [2.45, 2.75) is 23.5 Å². The number of aryl methyl sites for hydroxylation is 1. The molecule has 1 atom stereocenters. The summed E-state index contributed by atoms with van der Waals surface area (Å²) in [5.41, 5.74) is 4.11. The van der Waals surface area contributed by atoms with Gasteiger partial charge in [-0.2, -0.15) is 0 Å². The number of benzene rings is 2. The van der Waals surface area contributed by atoms with Crippen molar-refractivity contribution in [2.24, 2.45) is 0 Å². The highest BCUT2D eigenvalue weighted by Gasteiger charge is 2.29. The number of nitrogens with zero attached hydrogens (tertiary/aromatic N) is 3. The summed E-state index contributed by atoms with van der Waals surface area (Å²) in [7, 11) is 0. The van der Waals surface area contributed by atoms with E-state index < -0.39 is 11.4 Å². The van der Waals surface area contributed by atoms with E-state index in [1.54, 1.807) is 24.2 Å². The van der Waals surface area contributed by atoms with Crippen molar-refractivity contribution >= 4 is 28.8 Å². The smallest absolute Gasteiger partial charge is 0.341 e. The lowest BCUT2D eigenvalue weighted by Gasteiger charge is -2.19. The summed E-state index contributed by atoms with van der Waals surface area (Å²) in [6.45, 7) is 1.84. The molecule has 0 unspecified atom stereocenters. The van der Waals surface area contributed by atoms with Gasteiger partial charge in [0.1, 0.15) is 5.56 Å². The molecular formula is C23H17N3O3S. The summed E-state index contributed by atoms with van der Waals surface area (Å²) in [4.78, 5) is 34.3. The molecule has 1 N–H and O–H groups in total. The zero-order valence-corrected chi connectivity index (χ0v) is 16.9.